The van der Waals surface area contributed by atoms with Crippen molar-refractivity contribution in [1.29, 1.82) is 0 Å². The van der Waals surface area contributed by atoms with Crippen molar-refractivity contribution in [1.82, 2.24) is 10.2 Å². The Balaban J connectivity index is 1.78. The van der Waals surface area contributed by atoms with Crippen LogP contribution in [0.15, 0.2) is 24.3 Å². The molecule has 0 saturated carbocycles. The fourth-order valence-electron chi connectivity index (χ4n) is 2.72. The third-order valence-corrected chi connectivity index (χ3v) is 5.44. The molecule has 0 radical (unpaired) electrons. The Morgan fingerprint density at radius 1 is 1.14 bits per heavy atom. The molecule has 1 N–H and O–H groups in total. The van der Waals surface area contributed by atoms with Crippen LogP contribution in [-0.2, 0) is 25.9 Å². The summed E-state index contributed by atoms with van der Waals surface area (Å²) in [5.41, 5.74) is -0.870. The zero-order valence-electron chi connectivity index (χ0n) is 16.0. The minimum Gasteiger partial charge on any atom is -0.378 e. The van der Waals surface area contributed by atoms with Gasteiger partial charge < -0.3 is 15.0 Å². The predicted molar refractivity (Wildman–Crippen MR) is 102 cm³/mol. The number of morpholine rings is 1. The van der Waals surface area contributed by atoms with Gasteiger partial charge in [0.2, 0.25) is 11.8 Å². The van der Waals surface area contributed by atoms with Gasteiger partial charge in [-0.2, -0.15) is 13.2 Å². The maximum absolute atomic E-state index is 12.9. The first-order valence-electron chi connectivity index (χ1n) is 8.97. The lowest BCUT2D eigenvalue weighted by atomic mass is 9.83. The van der Waals surface area contributed by atoms with Crippen LogP contribution in [0.3, 0.4) is 0 Å². The zero-order chi connectivity index (χ0) is 20.8. The predicted octanol–water partition coefficient (Wildman–Crippen LogP) is 2.69. The number of rotatable bonds is 7. The molecule has 9 heteroatoms. The van der Waals surface area contributed by atoms with Crippen molar-refractivity contribution in [2.75, 3.05) is 44.4 Å². The van der Waals surface area contributed by atoms with Crippen LogP contribution >= 0.6 is 11.8 Å². The highest BCUT2D eigenvalue weighted by molar-refractivity contribution is 8.00. The summed E-state index contributed by atoms with van der Waals surface area (Å²) in [6, 6.07) is 5.13. The molecule has 0 spiro atoms. The van der Waals surface area contributed by atoms with Gasteiger partial charge in [0.05, 0.1) is 30.3 Å². The zero-order valence-corrected chi connectivity index (χ0v) is 16.8. The Bertz CT molecular complexity index is 689. The molecule has 5 nitrogen and oxygen atoms in total. The van der Waals surface area contributed by atoms with E-state index in [1.807, 2.05) is 0 Å². The Morgan fingerprint density at radius 2 is 1.79 bits per heavy atom. The van der Waals surface area contributed by atoms with Crippen LogP contribution in [0.5, 0.6) is 0 Å². The number of benzene rings is 1. The van der Waals surface area contributed by atoms with Gasteiger partial charge in [-0.05, 0) is 11.6 Å². The highest BCUT2D eigenvalue weighted by atomic mass is 32.2. The number of hydrogen-bond acceptors (Lipinski definition) is 4. The molecule has 1 saturated heterocycles. The van der Waals surface area contributed by atoms with E-state index in [2.05, 4.69) is 5.32 Å². The summed E-state index contributed by atoms with van der Waals surface area (Å²) in [6.07, 6.45) is -4.40. The summed E-state index contributed by atoms with van der Waals surface area (Å²) in [5.74, 6) is 0.0596. The SMILES string of the molecule is CC(C)(CNC(=O)CSCC(=O)N1CCOCC1)c1cccc(C(F)(F)F)c1. The van der Waals surface area contributed by atoms with Crippen molar-refractivity contribution >= 4 is 23.6 Å². The number of alkyl halides is 3. The summed E-state index contributed by atoms with van der Waals surface area (Å²) >= 11 is 1.22. The first-order valence-corrected chi connectivity index (χ1v) is 10.1. The van der Waals surface area contributed by atoms with E-state index in [0.29, 0.717) is 31.9 Å². The van der Waals surface area contributed by atoms with E-state index in [0.717, 1.165) is 12.1 Å². The fraction of sp³-hybridized carbons (Fsp3) is 0.579. The number of nitrogens with zero attached hydrogens (tertiary/aromatic N) is 1. The number of hydrogen-bond donors (Lipinski definition) is 1. The van der Waals surface area contributed by atoms with Crippen molar-refractivity contribution in [2.24, 2.45) is 0 Å². The van der Waals surface area contributed by atoms with Crippen molar-refractivity contribution in [2.45, 2.75) is 25.4 Å². The summed E-state index contributed by atoms with van der Waals surface area (Å²) in [5, 5.41) is 2.75. The van der Waals surface area contributed by atoms with E-state index in [1.54, 1.807) is 24.8 Å². The number of ether oxygens (including phenoxy) is 1. The summed E-state index contributed by atoms with van der Waals surface area (Å²) in [7, 11) is 0. The Hall–Kier alpha value is -1.74. The number of carbonyl (C=O) groups excluding carboxylic acids is 2. The minimum atomic E-state index is -4.40. The number of carbonyl (C=O) groups is 2. The molecule has 156 valence electrons. The fourth-order valence-corrected chi connectivity index (χ4v) is 3.47. The lowest BCUT2D eigenvalue weighted by molar-refractivity contribution is -0.137. The van der Waals surface area contributed by atoms with Crippen LogP contribution in [0, 0.1) is 0 Å². The second-order valence-corrected chi connectivity index (χ2v) is 8.21. The Morgan fingerprint density at radius 3 is 2.43 bits per heavy atom. The molecule has 1 aliphatic rings. The summed E-state index contributed by atoms with van der Waals surface area (Å²) < 4.78 is 43.9. The molecule has 1 aromatic carbocycles. The molecule has 1 aliphatic heterocycles. The van der Waals surface area contributed by atoms with E-state index in [4.69, 9.17) is 4.74 Å². The van der Waals surface area contributed by atoms with Gasteiger partial charge in [-0.1, -0.05) is 32.0 Å². The van der Waals surface area contributed by atoms with Crippen LogP contribution in [0.2, 0.25) is 0 Å². The van der Waals surface area contributed by atoms with Crippen molar-refractivity contribution in [3.8, 4) is 0 Å². The molecule has 28 heavy (non-hydrogen) atoms. The standard InChI is InChI=1S/C19H25F3N2O3S/c1-18(2,14-4-3-5-15(10-14)19(20,21)22)13-23-16(25)11-28-12-17(26)24-6-8-27-9-7-24/h3-5,10H,6-9,11-13H2,1-2H3,(H,23,25). The Labute approximate surface area is 167 Å². The third-order valence-electron chi connectivity index (χ3n) is 4.52. The maximum atomic E-state index is 12.9. The van der Waals surface area contributed by atoms with E-state index in [-0.39, 0.29) is 29.9 Å². The largest absolute Gasteiger partial charge is 0.416 e. The second-order valence-electron chi connectivity index (χ2n) is 7.23. The highest BCUT2D eigenvalue weighted by Crippen LogP contribution is 2.32. The number of thioether (sulfide) groups is 1. The van der Waals surface area contributed by atoms with Crippen molar-refractivity contribution < 1.29 is 27.5 Å². The molecular formula is C19H25F3N2O3S. The van der Waals surface area contributed by atoms with Gasteiger partial charge in [0.1, 0.15) is 0 Å². The van der Waals surface area contributed by atoms with Crippen LogP contribution in [-0.4, -0.2) is 61.1 Å². The van der Waals surface area contributed by atoms with Crippen molar-refractivity contribution in [3.05, 3.63) is 35.4 Å². The topological polar surface area (TPSA) is 58.6 Å². The minimum absolute atomic E-state index is 0.0228. The second kappa shape index (κ2) is 9.65. The molecule has 0 atom stereocenters. The van der Waals surface area contributed by atoms with Gasteiger partial charge in [0.25, 0.3) is 0 Å². The molecule has 2 rings (SSSR count). The maximum Gasteiger partial charge on any atom is 0.416 e. The van der Waals surface area contributed by atoms with E-state index >= 15 is 0 Å². The van der Waals surface area contributed by atoms with Crippen LogP contribution in [0.1, 0.15) is 25.0 Å². The lowest BCUT2D eigenvalue weighted by Crippen LogP contribution is -2.42. The van der Waals surface area contributed by atoms with Gasteiger partial charge in [0.15, 0.2) is 0 Å². The van der Waals surface area contributed by atoms with Crippen LogP contribution in [0.4, 0.5) is 13.2 Å². The first kappa shape index (κ1) is 22.5. The average Bonchev–Trinajstić information content (AvgIpc) is 2.66. The van der Waals surface area contributed by atoms with Gasteiger partial charge in [-0.25, -0.2) is 0 Å². The highest BCUT2D eigenvalue weighted by Gasteiger charge is 2.32. The van der Waals surface area contributed by atoms with Gasteiger partial charge in [0, 0.05) is 25.0 Å². The third kappa shape index (κ3) is 6.70. The molecule has 2 amide bonds. The summed E-state index contributed by atoms with van der Waals surface area (Å²) in [4.78, 5) is 25.8. The average molecular weight is 418 g/mol. The van der Waals surface area contributed by atoms with E-state index in [1.165, 1.54) is 17.8 Å². The van der Waals surface area contributed by atoms with Gasteiger partial charge >= 0.3 is 6.18 Å². The van der Waals surface area contributed by atoms with Crippen LogP contribution < -0.4 is 5.32 Å². The molecule has 0 aromatic heterocycles. The molecule has 1 heterocycles. The van der Waals surface area contributed by atoms with E-state index in [9.17, 15) is 22.8 Å². The van der Waals surface area contributed by atoms with Gasteiger partial charge in [-0.15, -0.1) is 11.8 Å². The molecule has 0 bridgehead atoms. The van der Waals surface area contributed by atoms with Crippen LogP contribution in [0.25, 0.3) is 0 Å². The number of halogens is 3. The molecule has 1 fully saturated rings. The summed E-state index contributed by atoms with van der Waals surface area (Å²) in [6.45, 7) is 5.94. The normalized spacial score (nSPS) is 15.4. The quantitative estimate of drug-likeness (QED) is 0.740. The lowest BCUT2D eigenvalue weighted by Gasteiger charge is -2.27. The Kier molecular flexibility index (Phi) is 7.77. The number of nitrogens with one attached hydrogen (secondary N) is 1. The molecule has 0 aliphatic carbocycles. The first-order chi connectivity index (χ1) is 13.1. The van der Waals surface area contributed by atoms with Crippen molar-refractivity contribution in [3.63, 3.8) is 0 Å². The molecule has 1 aromatic rings. The number of amides is 2. The smallest absolute Gasteiger partial charge is 0.378 e. The van der Waals surface area contributed by atoms with Gasteiger partial charge in [-0.3, -0.25) is 9.59 Å². The molecular weight excluding hydrogens is 393 g/mol. The monoisotopic (exact) mass is 418 g/mol. The molecule has 0 unspecified atom stereocenters. The van der Waals surface area contributed by atoms with E-state index < -0.39 is 17.2 Å².